The summed E-state index contributed by atoms with van der Waals surface area (Å²) in [6.45, 7) is 10.9. The summed E-state index contributed by atoms with van der Waals surface area (Å²) in [6, 6.07) is 6.46. The highest BCUT2D eigenvalue weighted by Gasteiger charge is 2.32. The summed E-state index contributed by atoms with van der Waals surface area (Å²) >= 11 is 6.47. The van der Waals surface area contributed by atoms with Crippen LogP contribution in [0.1, 0.15) is 58.9 Å². The minimum atomic E-state index is -0.211. The highest BCUT2D eigenvalue weighted by Crippen LogP contribution is 2.36. The maximum absolute atomic E-state index is 6.47. The fraction of sp³-hybridized carbons (Fsp3) is 0.600. The molecule has 0 bridgehead atoms. The lowest BCUT2D eigenvalue weighted by molar-refractivity contribution is -0.0852. The average Bonchev–Trinajstić information content (AvgIpc) is 3.79. The van der Waals surface area contributed by atoms with Gasteiger partial charge in [0.25, 0.3) is 5.88 Å². The van der Waals surface area contributed by atoms with Crippen LogP contribution in [0.15, 0.2) is 43.1 Å². The Morgan fingerprint density at radius 2 is 1.75 bits per heavy atom. The third-order valence-electron chi connectivity index (χ3n) is 9.13. The van der Waals surface area contributed by atoms with Gasteiger partial charge in [0.15, 0.2) is 0 Å². The Hall–Kier alpha value is -3.89. The van der Waals surface area contributed by atoms with E-state index in [0.29, 0.717) is 61.6 Å². The molecular weight excluding hydrogens is 676 g/mol. The number of rotatable bonds is 17. The van der Waals surface area contributed by atoms with Crippen molar-refractivity contribution in [2.45, 2.75) is 89.8 Å². The van der Waals surface area contributed by atoms with Gasteiger partial charge >= 0.3 is 0 Å². The zero-order valence-electron chi connectivity index (χ0n) is 29.9. The number of tetrazole rings is 1. The lowest BCUT2D eigenvalue weighted by Crippen LogP contribution is -2.51. The molecule has 51 heavy (non-hydrogen) atoms. The van der Waals surface area contributed by atoms with Crippen LogP contribution in [-0.2, 0) is 20.8 Å². The highest BCUT2D eigenvalue weighted by atomic mass is 35.5. The van der Waals surface area contributed by atoms with Crippen molar-refractivity contribution in [3.63, 3.8) is 0 Å². The predicted octanol–water partition coefficient (Wildman–Crippen LogP) is 5.22. The van der Waals surface area contributed by atoms with E-state index in [4.69, 9.17) is 40.4 Å². The molecule has 1 aliphatic carbocycles. The fourth-order valence-corrected chi connectivity index (χ4v) is 6.91. The average molecular weight is 725 g/mol. The van der Waals surface area contributed by atoms with Crippen LogP contribution in [0.25, 0.3) is 11.1 Å². The minimum Gasteiger partial charge on any atom is -0.487 e. The van der Waals surface area contributed by atoms with Crippen LogP contribution in [0.5, 0.6) is 11.6 Å². The molecule has 0 amide bonds. The van der Waals surface area contributed by atoms with Crippen molar-refractivity contribution in [2.24, 2.45) is 0 Å². The lowest BCUT2D eigenvalue weighted by atomic mass is 9.89. The second-order valence-electron chi connectivity index (χ2n) is 13.3. The molecule has 2 aliphatic rings. The van der Waals surface area contributed by atoms with Crippen molar-refractivity contribution in [3.8, 4) is 22.8 Å². The molecular formula is C35H49ClN10O5. The molecule has 3 aromatic heterocycles. The van der Waals surface area contributed by atoms with E-state index in [1.54, 1.807) is 36.6 Å². The Morgan fingerprint density at radius 1 is 0.980 bits per heavy atom. The van der Waals surface area contributed by atoms with Gasteiger partial charge in [0.1, 0.15) is 23.9 Å². The van der Waals surface area contributed by atoms with Crippen LogP contribution < -0.4 is 14.8 Å². The Labute approximate surface area is 303 Å². The highest BCUT2D eigenvalue weighted by molar-refractivity contribution is 6.32. The van der Waals surface area contributed by atoms with Crippen molar-refractivity contribution in [1.82, 2.24) is 44.9 Å². The third kappa shape index (κ3) is 10.3. The number of morpholine rings is 1. The zero-order chi connectivity index (χ0) is 35.6. The summed E-state index contributed by atoms with van der Waals surface area (Å²) in [7, 11) is 1.66. The minimum absolute atomic E-state index is 0.211. The first-order valence-electron chi connectivity index (χ1n) is 17.8. The summed E-state index contributed by atoms with van der Waals surface area (Å²) in [5.74, 6) is 1.51. The van der Waals surface area contributed by atoms with E-state index in [-0.39, 0.29) is 24.4 Å². The number of aromatic nitrogens is 8. The van der Waals surface area contributed by atoms with Gasteiger partial charge in [0, 0.05) is 57.2 Å². The number of benzene rings is 1. The molecule has 16 heteroatoms. The van der Waals surface area contributed by atoms with Gasteiger partial charge in [-0.25, -0.2) is 14.6 Å². The zero-order valence-corrected chi connectivity index (χ0v) is 30.6. The lowest BCUT2D eigenvalue weighted by Gasteiger charge is -2.42. The summed E-state index contributed by atoms with van der Waals surface area (Å²) < 4.78 is 32.6. The second-order valence-corrected chi connectivity index (χ2v) is 13.7. The maximum atomic E-state index is 6.47. The molecule has 0 spiro atoms. The van der Waals surface area contributed by atoms with Crippen LogP contribution in [0, 0.1) is 0 Å². The molecule has 15 nitrogen and oxygen atoms in total. The van der Waals surface area contributed by atoms with E-state index in [1.165, 1.54) is 0 Å². The molecule has 1 N–H and O–H groups in total. The van der Waals surface area contributed by atoms with Gasteiger partial charge in [-0.2, -0.15) is 0 Å². The SMILES string of the molecule is COCCOCCCOc1nn(C2CCC(N3C[C@@H](C)O[C@@H](C)C3)CC2)cc1Nc1ncc(-c2ccc(Cl)c(OC(C)Cn3cnnn3)c2)cn1. The number of ether oxygens (including phenoxy) is 5. The summed E-state index contributed by atoms with van der Waals surface area (Å²) in [6.07, 6.45) is 12.5. The van der Waals surface area contributed by atoms with Gasteiger partial charge in [-0.1, -0.05) is 17.7 Å². The second kappa shape index (κ2) is 18.0. The number of hydrogen-bond acceptors (Lipinski definition) is 13. The van der Waals surface area contributed by atoms with E-state index in [2.05, 4.69) is 54.2 Å². The third-order valence-corrected chi connectivity index (χ3v) is 9.45. The summed E-state index contributed by atoms with van der Waals surface area (Å²) in [5.41, 5.74) is 2.41. The number of nitrogens with one attached hydrogen (secondary N) is 1. The normalized spacial score (nSPS) is 21.7. The Kier molecular flexibility index (Phi) is 13.1. The van der Waals surface area contributed by atoms with Crippen LogP contribution in [0.4, 0.5) is 11.6 Å². The molecule has 276 valence electrons. The molecule has 1 saturated carbocycles. The van der Waals surface area contributed by atoms with Gasteiger partial charge in [-0.3, -0.25) is 9.58 Å². The largest absolute Gasteiger partial charge is 0.487 e. The van der Waals surface area contributed by atoms with Crippen LogP contribution in [0.2, 0.25) is 5.02 Å². The number of methoxy groups -OCH3 is 1. The predicted molar refractivity (Wildman–Crippen MR) is 192 cm³/mol. The maximum Gasteiger partial charge on any atom is 0.256 e. The molecule has 4 heterocycles. The Bertz CT molecular complexity index is 1620. The smallest absolute Gasteiger partial charge is 0.256 e. The molecule has 1 saturated heterocycles. The molecule has 1 aromatic carbocycles. The number of nitrogens with zero attached hydrogens (tertiary/aromatic N) is 9. The van der Waals surface area contributed by atoms with Gasteiger partial charge in [0.2, 0.25) is 5.95 Å². The Balaban J connectivity index is 1.10. The molecule has 1 aliphatic heterocycles. The van der Waals surface area contributed by atoms with Gasteiger partial charge in [-0.15, -0.1) is 10.2 Å². The number of hydrogen-bond donors (Lipinski definition) is 1. The first kappa shape index (κ1) is 36.9. The van der Waals surface area contributed by atoms with Crippen molar-refractivity contribution in [3.05, 3.63) is 48.1 Å². The molecule has 3 atom stereocenters. The molecule has 1 unspecified atom stereocenters. The standard InChI is InChI=1S/C35H49ClN10O5/c1-24-19-44(20-25(2)50-24)29-7-9-30(10-8-29)46-22-32(34(41-46)49-13-5-12-48-15-14-47-4)40-35-37-17-28(18-38-35)27-6-11-31(36)33(16-27)51-26(3)21-45-23-39-42-43-45/h6,11,16-18,22-26,29-30H,5,7-10,12-15,19-21H2,1-4H3,(H,37,38,40)/t24-,25+,26?,29?,30?. The number of anilines is 2. The van der Waals surface area contributed by atoms with Crippen LogP contribution >= 0.6 is 11.6 Å². The first-order valence-corrected chi connectivity index (χ1v) is 18.2. The van der Waals surface area contributed by atoms with Crippen molar-refractivity contribution in [2.75, 3.05) is 51.9 Å². The van der Waals surface area contributed by atoms with E-state index < -0.39 is 0 Å². The molecule has 4 aromatic rings. The van der Waals surface area contributed by atoms with Gasteiger partial charge in [-0.05, 0) is 74.6 Å². The van der Waals surface area contributed by atoms with Crippen LogP contribution in [-0.4, -0.2) is 116 Å². The summed E-state index contributed by atoms with van der Waals surface area (Å²) in [5, 5.41) is 20.0. The fourth-order valence-electron chi connectivity index (χ4n) is 6.75. The van der Waals surface area contributed by atoms with Gasteiger partial charge in [0.05, 0.1) is 55.8 Å². The topological polar surface area (TPSA) is 149 Å². The van der Waals surface area contributed by atoms with Crippen molar-refractivity contribution < 1.29 is 23.7 Å². The number of halogens is 1. The Morgan fingerprint density at radius 3 is 2.47 bits per heavy atom. The van der Waals surface area contributed by atoms with E-state index in [1.807, 2.05) is 25.3 Å². The first-order chi connectivity index (χ1) is 24.8. The monoisotopic (exact) mass is 724 g/mol. The molecule has 2 fully saturated rings. The molecule has 0 radical (unpaired) electrons. The van der Waals surface area contributed by atoms with Crippen molar-refractivity contribution >= 4 is 23.2 Å². The van der Waals surface area contributed by atoms with E-state index in [9.17, 15) is 0 Å². The summed E-state index contributed by atoms with van der Waals surface area (Å²) in [4.78, 5) is 11.9. The van der Waals surface area contributed by atoms with E-state index >= 15 is 0 Å². The van der Waals surface area contributed by atoms with E-state index in [0.717, 1.165) is 62.0 Å². The van der Waals surface area contributed by atoms with Crippen molar-refractivity contribution in [1.29, 1.82) is 0 Å². The van der Waals surface area contributed by atoms with Crippen LogP contribution in [0.3, 0.4) is 0 Å². The molecule has 6 rings (SSSR count). The quantitative estimate of drug-likeness (QED) is 0.142. The van der Waals surface area contributed by atoms with Gasteiger partial charge < -0.3 is 29.0 Å².